The molecule has 1 saturated heterocycles. The third-order valence-electron chi connectivity index (χ3n) is 8.84. The summed E-state index contributed by atoms with van der Waals surface area (Å²) in [6, 6.07) is 23.4. The van der Waals surface area contributed by atoms with Crippen LogP contribution in [-0.4, -0.2) is 64.7 Å². The van der Waals surface area contributed by atoms with Crippen LogP contribution in [0.25, 0.3) is 5.69 Å². The maximum Gasteiger partial charge on any atom is 0.296 e. The second-order valence-electron chi connectivity index (χ2n) is 12.9. The van der Waals surface area contributed by atoms with E-state index < -0.39 is 21.1 Å². The van der Waals surface area contributed by atoms with Crippen molar-refractivity contribution in [1.29, 1.82) is 0 Å². The molecule has 11 heteroatoms. The predicted molar refractivity (Wildman–Crippen MR) is 179 cm³/mol. The van der Waals surface area contributed by atoms with E-state index in [9.17, 15) is 18.0 Å². The minimum Gasteiger partial charge on any atom is -0.330 e. The van der Waals surface area contributed by atoms with E-state index >= 15 is 0 Å². The van der Waals surface area contributed by atoms with Gasteiger partial charge in [0.1, 0.15) is 5.69 Å². The molecule has 45 heavy (non-hydrogen) atoms. The van der Waals surface area contributed by atoms with Gasteiger partial charge in [-0.2, -0.15) is 0 Å². The normalized spacial score (nSPS) is 16.5. The largest absolute Gasteiger partial charge is 0.330 e. The van der Waals surface area contributed by atoms with Gasteiger partial charge in [-0.25, -0.2) is 13.1 Å². The van der Waals surface area contributed by atoms with Crippen LogP contribution >= 0.6 is 11.6 Å². The van der Waals surface area contributed by atoms with Crippen LogP contribution in [0.1, 0.15) is 49.3 Å². The first kappa shape index (κ1) is 32.5. The Hall–Kier alpha value is -3.86. The van der Waals surface area contributed by atoms with Crippen molar-refractivity contribution in [2.24, 2.45) is 7.05 Å². The fraction of sp³-hybridized carbons (Fsp3) is 0.353. The fourth-order valence-electron chi connectivity index (χ4n) is 6.06. The molecule has 0 unspecified atom stereocenters. The molecule has 9 nitrogen and oxygen atoms in total. The van der Waals surface area contributed by atoms with Gasteiger partial charge in [-0.1, -0.05) is 60.1 Å². The Morgan fingerprint density at radius 1 is 0.911 bits per heavy atom. The highest BCUT2D eigenvalue weighted by atomic mass is 35.5. The molecule has 0 atom stereocenters. The lowest BCUT2D eigenvalue weighted by atomic mass is 9.87. The lowest BCUT2D eigenvalue weighted by molar-refractivity contribution is -0.0454. The molecule has 4 aromatic rings. The van der Waals surface area contributed by atoms with Crippen LogP contribution in [-0.2, 0) is 23.6 Å². The number of piperazine rings is 1. The molecule has 0 N–H and O–H groups in total. The highest BCUT2D eigenvalue weighted by Gasteiger charge is 2.45. The number of carbonyl (C=O) groups excluding carboxylic acids is 1. The van der Waals surface area contributed by atoms with Crippen LogP contribution in [0.15, 0.2) is 88.6 Å². The number of nitrogens with zero attached hydrogens (tertiary/aromatic N) is 5. The Bertz CT molecular complexity index is 1900. The number of para-hydroxylation sites is 1. The molecule has 1 aliphatic heterocycles. The zero-order valence-electron chi connectivity index (χ0n) is 26.8. The van der Waals surface area contributed by atoms with E-state index in [2.05, 4.69) is 30.9 Å². The van der Waals surface area contributed by atoms with Gasteiger partial charge in [-0.3, -0.25) is 23.5 Å². The van der Waals surface area contributed by atoms with E-state index in [1.54, 1.807) is 35.7 Å². The van der Waals surface area contributed by atoms with Crippen molar-refractivity contribution < 1.29 is 13.2 Å². The number of anilines is 1. The topological polar surface area (TPSA) is 87.9 Å². The Kier molecular flexibility index (Phi) is 8.54. The number of benzene rings is 3. The molecule has 238 valence electrons. The van der Waals surface area contributed by atoms with Crippen molar-refractivity contribution in [3.63, 3.8) is 0 Å². The summed E-state index contributed by atoms with van der Waals surface area (Å²) in [5.41, 5.74) is 0.974. The van der Waals surface area contributed by atoms with E-state index in [0.717, 1.165) is 10.8 Å². The van der Waals surface area contributed by atoms with Crippen LogP contribution < -0.4 is 9.86 Å². The summed E-state index contributed by atoms with van der Waals surface area (Å²) >= 11 is 6.58. The molecule has 3 aromatic carbocycles. The minimum absolute atomic E-state index is 0.0154. The molecule has 1 fully saturated rings. The van der Waals surface area contributed by atoms with Crippen molar-refractivity contribution in [2.75, 3.05) is 24.4 Å². The van der Waals surface area contributed by atoms with E-state index in [-0.39, 0.29) is 32.6 Å². The maximum absolute atomic E-state index is 14.2. The average molecular weight is 650 g/mol. The van der Waals surface area contributed by atoms with E-state index in [4.69, 9.17) is 11.6 Å². The van der Waals surface area contributed by atoms with Gasteiger partial charge in [0.2, 0.25) is 0 Å². The van der Waals surface area contributed by atoms with Gasteiger partial charge >= 0.3 is 0 Å². The molecule has 0 spiro atoms. The van der Waals surface area contributed by atoms with Crippen molar-refractivity contribution >= 4 is 33.2 Å². The van der Waals surface area contributed by atoms with E-state index in [1.807, 2.05) is 50.2 Å². The SMILES string of the molecule is Cc1c(N(C)S(=O)(=O)c2ccc(Cl)c(C(=O)N3CC(C)(C)N(Cc4ccccc4)CC3(C)C)c2)c(=O)n(-c2ccccc2)n1C. The molecule has 5 rings (SSSR count). The Balaban J connectivity index is 1.47. The van der Waals surface area contributed by atoms with Gasteiger partial charge in [0, 0.05) is 39.3 Å². The van der Waals surface area contributed by atoms with Crippen molar-refractivity contribution in [3.8, 4) is 5.69 Å². The molecule has 0 radical (unpaired) electrons. The van der Waals surface area contributed by atoms with Crippen molar-refractivity contribution in [2.45, 2.75) is 57.1 Å². The lowest BCUT2D eigenvalue weighted by Crippen LogP contribution is -2.68. The standard InChI is InChI=1S/C34H40ClN5O4S/c1-24-30(32(42)40(36(24)6)26-16-12-9-13-17-26)37(7)45(43,44)27-18-19-29(35)28(20-27)31(41)39-23-33(2,3)38(22-34(39,4)5)21-25-14-10-8-11-15-25/h8-20H,21-23H2,1-7H3. The van der Waals surface area contributed by atoms with Crippen LogP contribution in [0.3, 0.4) is 0 Å². The monoisotopic (exact) mass is 649 g/mol. The number of amides is 1. The molecular weight excluding hydrogens is 610 g/mol. The number of rotatable bonds is 7. The predicted octanol–water partition coefficient (Wildman–Crippen LogP) is 5.48. The first-order valence-corrected chi connectivity index (χ1v) is 16.6. The lowest BCUT2D eigenvalue weighted by Gasteiger charge is -2.55. The van der Waals surface area contributed by atoms with Gasteiger partial charge in [-0.05, 0) is 70.5 Å². The quantitative estimate of drug-likeness (QED) is 0.265. The molecule has 0 aliphatic carbocycles. The third kappa shape index (κ3) is 5.94. The fourth-order valence-corrected chi connectivity index (χ4v) is 7.53. The molecular formula is C34H40ClN5O4S. The number of halogens is 1. The summed E-state index contributed by atoms with van der Waals surface area (Å²) < 4.78 is 32.0. The third-order valence-corrected chi connectivity index (χ3v) is 10.9. The summed E-state index contributed by atoms with van der Waals surface area (Å²) in [4.78, 5) is 31.8. The number of sulfonamides is 1. The first-order valence-electron chi connectivity index (χ1n) is 14.8. The van der Waals surface area contributed by atoms with Crippen LogP contribution in [0, 0.1) is 6.92 Å². The van der Waals surface area contributed by atoms with Gasteiger partial charge in [0.25, 0.3) is 21.5 Å². The zero-order chi connectivity index (χ0) is 32.9. The van der Waals surface area contributed by atoms with Gasteiger partial charge in [0.15, 0.2) is 0 Å². The minimum atomic E-state index is -4.25. The summed E-state index contributed by atoms with van der Waals surface area (Å²) in [5.74, 6) is -0.348. The molecule has 0 saturated carbocycles. The molecule has 1 aromatic heterocycles. The highest BCUT2D eigenvalue weighted by Crippen LogP contribution is 2.35. The molecule has 2 heterocycles. The summed E-state index contributed by atoms with van der Waals surface area (Å²) in [7, 11) is -1.20. The van der Waals surface area contributed by atoms with Crippen molar-refractivity contribution in [3.05, 3.63) is 111 Å². The van der Waals surface area contributed by atoms with Gasteiger partial charge < -0.3 is 4.90 Å². The highest BCUT2D eigenvalue weighted by molar-refractivity contribution is 7.92. The number of carbonyl (C=O) groups is 1. The maximum atomic E-state index is 14.2. The molecule has 0 bridgehead atoms. The van der Waals surface area contributed by atoms with E-state index in [1.165, 1.54) is 35.5 Å². The van der Waals surface area contributed by atoms with Gasteiger partial charge in [-0.15, -0.1) is 0 Å². The smallest absolute Gasteiger partial charge is 0.296 e. The summed E-state index contributed by atoms with van der Waals surface area (Å²) in [6.07, 6.45) is 0. The second kappa shape index (κ2) is 11.8. The number of aromatic nitrogens is 2. The van der Waals surface area contributed by atoms with Crippen LogP contribution in [0.4, 0.5) is 5.69 Å². The van der Waals surface area contributed by atoms with Gasteiger partial charge in [0.05, 0.1) is 32.4 Å². The molecule has 1 aliphatic rings. The van der Waals surface area contributed by atoms with Crippen molar-refractivity contribution in [1.82, 2.24) is 19.2 Å². The molecule has 1 amide bonds. The Morgan fingerprint density at radius 3 is 2.13 bits per heavy atom. The first-order chi connectivity index (χ1) is 21.1. The summed E-state index contributed by atoms with van der Waals surface area (Å²) in [5, 5.41) is 0.157. The van der Waals surface area contributed by atoms with E-state index in [0.29, 0.717) is 24.5 Å². The second-order valence-corrected chi connectivity index (χ2v) is 15.3. The summed E-state index contributed by atoms with van der Waals surface area (Å²) in [6.45, 7) is 11.7. The number of hydrogen-bond acceptors (Lipinski definition) is 5. The van der Waals surface area contributed by atoms with Crippen LogP contribution in [0.2, 0.25) is 5.02 Å². The average Bonchev–Trinajstić information content (AvgIpc) is 3.22. The Morgan fingerprint density at radius 2 is 1.51 bits per heavy atom. The van der Waals surface area contributed by atoms with Crippen LogP contribution in [0.5, 0.6) is 0 Å². The number of hydrogen-bond donors (Lipinski definition) is 0. The zero-order valence-corrected chi connectivity index (χ0v) is 28.4. The Labute approximate surface area is 270 Å².